The number of sulfonamides is 1. The molecule has 0 amide bonds. The summed E-state index contributed by atoms with van der Waals surface area (Å²) in [6.45, 7) is 4.32. The smallest absolute Gasteiger partial charge is 0.243 e. The van der Waals surface area contributed by atoms with E-state index in [1.807, 2.05) is 6.92 Å². The average Bonchev–Trinajstić information content (AvgIpc) is 2.80. The van der Waals surface area contributed by atoms with E-state index in [9.17, 15) is 16.8 Å². The van der Waals surface area contributed by atoms with Gasteiger partial charge < -0.3 is 4.74 Å². The summed E-state index contributed by atoms with van der Waals surface area (Å²) >= 11 is 0. The van der Waals surface area contributed by atoms with Gasteiger partial charge in [-0.25, -0.2) is 16.8 Å². The zero-order valence-electron chi connectivity index (χ0n) is 12.7. The van der Waals surface area contributed by atoms with E-state index in [2.05, 4.69) is 0 Å². The molecule has 1 fully saturated rings. The van der Waals surface area contributed by atoms with Gasteiger partial charge in [0.15, 0.2) is 9.84 Å². The first-order valence-corrected chi connectivity index (χ1v) is 10.5. The lowest BCUT2D eigenvalue weighted by atomic mass is 10.3. The molecule has 22 heavy (non-hydrogen) atoms. The SMILES string of the molecule is CCOc1ccc(S(=O)(=O)N(CC)[C@H]2CCS(=O)(=O)C2)cc1. The lowest BCUT2D eigenvalue weighted by Crippen LogP contribution is -2.40. The van der Waals surface area contributed by atoms with Crippen molar-refractivity contribution < 1.29 is 21.6 Å². The van der Waals surface area contributed by atoms with Crippen LogP contribution in [0.4, 0.5) is 0 Å². The molecular weight excluding hydrogens is 326 g/mol. The topological polar surface area (TPSA) is 80.8 Å². The van der Waals surface area contributed by atoms with Gasteiger partial charge in [0.05, 0.1) is 23.0 Å². The molecule has 8 heteroatoms. The van der Waals surface area contributed by atoms with Crippen LogP contribution in [0.15, 0.2) is 29.2 Å². The number of nitrogens with zero attached hydrogens (tertiary/aromatic N) is 1. The molecule has 6 nitrogen and oxygen atoms in total. The van der Waals surface area contributed by atoms with Gasteiger partial charge in [0, 0.05) is 12.6 Å². The molecule has 0 spiro atoms. The monoisotopic (exact) mass is 347 g/mol. The Morgan fingerprint density at radius 2 is 1.86 bits per heavy atom. The van der Waals surface area contributed by atoms with E-state index in [0.717, 1.165) is 0 Å². The van der Waals surface area contributed by atoms with Crippen LogP contribution >= 0.6 is 0 Å². The molecule has 0 N–H and O–H groups in total. The van der Waals surface area contributed by atoms with Gasteiger partial charge in [-0.1, -0.05) is 6.92 Å². The summed E-state index contributed by atoms with van der Waals surface area (Å²) in [7, 11) is -6.84. The molecule has 1 aliphatic rings. The lowest BCUT2D eigenvalue weighted by Gasteiger charge is -2.26. The number of hydrogen-bond donors (Lipinski definition) is 0. The Morgan fingerprint density at radius 1 is 1.23 bits per heavy atom. The molecule has 1 heterocycles. The Hall–Kier alpha value is -1.12. The second-order valence-corrected chi connectivity index (χ2v) is 9.29. The summed E-state index contributed by atoms with van der Waals surface area (Å²) in [6, 6.07) is 5.72. The zero-order chi connectivity index (χ0) is 16.4. The summed E-state index contributed by atoms with van der Waals surface area (Å²) in [5.41, 5.74) is 0. The number of ether oxygens (including phenoxy) is 1. The van der Waals surface area contributed by atoms with Crippen LogP contribution in [-0.4, -0.2) is 51.8 Å². The van der Waals surface area contributed by atoms with Crippen molar-refractivity contribution in [2.45, 2.75) is 31.2 Å². The van der Waals surface area contributed by atoms with E-state index < -0.39 is 25.9 Å². The fourth-order valence-electron chi connectivity index (χ4n) is 2.64. The highest BCUT2D eigenvalue weighted by atomic mass is 32.2. The molecule has 1 saturated heterocycles. The van der Waals surface area contributed by atoms with Gasteiger partial charge in [-0.2, -0.15) is 4.31 Å². The lowest BCUT2D eigenvalue weighted by molar-refractivity contribution is 0.339. The first-order chi connectivity index (χ1) is 10.3. The normalized spacial score (nSPS) is 21.1. The Morgan fingerprint density at radius 3 is 2.32 bits per heavy atom. The Bertz CT molecular complexity index is 710. The van der Waals surface area contributed by atoms with Crippen molar-refractivity contribution in [2.75, 3.05) is 24.7 Å². The van der Waals surface area contributed by atoms with Crippen molar-refractivity contribution in [1.29, 1.82) is 0 Å². The van der Waals surface area contributed by atoms with Crippen LogP contribution in [0.5, 0.6) is 5.75 Å². The molecular formula is C14H21NO5S2. The number of benzene rings is 1. The molecule has 0 saturated carbocycles. The van der Waals surface area contributed by atoms with E-state index in [1.165, 1.54) is 16.4 Å². The molecule has 1 atom stereocenters. The van der Waals surface area contributed by atoms with Crippen LogP contribution in [0.2, 0.25) is 0 Å². The fraction of sp³-hybridized carbons (Fsp3) is 0.571. The van der Waals surface area contributed by atoms with E-state index in [1.54, 1.807) is 19.1 Å². The third kappa shape index (κ3) is 3.61. The van der Waals surface area contributed by atoms with Crippen molar-refractivity contribution >= 4 is 19.9 Å². The minimum absolute atomic E-state index is 0.0486. The van der Waals surface area contributed by atoms with Gasteiger partial charge in [0.2, 0.25) is 10.0 Å². The molecule has 124 valence electrons. The van der Waals surface area contributed by atoms with Crippen LogP contribution in [-0.2, 0) is 19.9 Å². The number of sulfone groups is 1. The highest BCUT2D eigenvalue weighted by Gasteiger charge is 2.37. The van der Waals surface area contributed by atoms with Crippen LogP contribution in [0.1, 0.15) is 20.3 Å². The summed E-state index contributed by atoms with van der Waals surface area (Å²) < 4.78 is 55.2. The Labute approximate surface area is 132 Å². The van der Waals surface area contributed by atoms with Gasteiger partial charge in [0.25, 0.3) is 0 Å². The largest absolute Gasteiger partial charge is 0.494 e. The molecule has 1 aliphatic heterocycles. The van der Waals surface area contributed by atoms with Crippen molar-refractivity contribution in [1.82, 2.24) is 4.31 Å². The molecule has 0 aliphatic carbocycles. The molecule has 0 unspecified atom stereocenters. The first kappa shape index (κ1) is 17.2. The van der Waals surface area contributed by atoms with Gasteiger partial charge in [-0.15, -0.1) is 0 Å². The highest BCUT2D eigenvalue weighted by Crippen LogP contribution is 2.25. The summed E-state index contributed by atoms with van der Waals surface area (Å²) in [5.74, 6) is 0.553. The molecule has 0 aromatic heterocycles. The predicted octanol–water partition coefficient (Wildman–Crippen LogP) is 1.28. The van der Waals surface area contributed by atoms with Gasteiger partial charge >= 0.3 is 0 Å². The Balaban J connectivity index is 2.27. The number of hydrogen-bond acceptors (Lipinski definition) is 5. The predicted molar refractivity (Wildman–Crippen MR) is 84.2 cm³/mol. The van der Waals surface area contributed by atoms with Crippen LogP contribution in [0.25, 0.3) is 0 Å². The van der Waals surface area contributed by atoms with Crippen molar-refractivity contribution in [3.8, 4) is 5.75 Å². The van der Waals surface area contributed by atoms with Crippen LogP contribution in [0, 0.1) is 0 Å². The second kappa shape index (κ2) is 6.55. The third-order valence-corrected chi connectivity index (χ3v) is 7.46. The summed E-state index contributed by atoms with van der Waals surface area (Å²) in [6.07, 6.45) is 0.354. The highest BCUT2D eigenvalue weighted by molar-refractivity contribution is 7.92. The van der Waals surface area contributed by atoms with Crippen molar-refractivity contribution in [3.63, 3.8) is 0 Å². The zero-order valence-corrected chi connectivity index (χ0v) is 14.4. The summed E-state index contributed by atoms with van der Waals surface area (Å²) in [5, 5.41) is 0. The van der Waals surface area contributed by atoms with Gasteiger partial charge in [0.1, 0.15) is 5.75 Å². The number of rotatable bonds is 6. The maximum absolute atomic E-state index is 12.7. The van der Waals surface area contributed by atoms with E-state index >= 15 is 0 Å². The average molecular weight is 347 g/mol. The van der Waals surface area contributed by atoms with E-state index in [-0.39, 0.29) is 22.9 Å². The minimum Gasteiger partial charge on any atom is -0.494 e. The Kier molecular flexibility index (Phi) is 5.14. The van der Waals surface area contributed by atoms with Crippen LogP contribution in [0.3, 0.4) is 0 Å². The summed E-state index contributed by atoms with van der Waals surface area (Å²) in [4.78, 5) is 0.155. The standard InChI is InChI=1S/C14H21NO5S2/c1-3-15(12-9-10-21(16,17)11-12)22(18,19)14-7-5-13(6-8-14)20-4-2/h5-8,12H,3-4,9-11H2,1-2H3/t12-/m0/s1. The quantitative estimate of drug-likeness (QED) is 0.774. The maximum atomic E-state index is 12.7. The molecule has 0 radical (unpaired) electrons. The van der Waals surface area contributed by atoms with E-state index in [4.69, 9.17) is 4.74 Å². The molecule has 2 rings (SSSR count). The van der Waals surface area contributed by atoms with Crippen molar-refractivity contribution in [2.24, 2.45) is 0 Å². The molecule has 1 aromatic carbocycles. The maximum Gasteiger partial charge on any atom is 0.243 e. The minimum atomic E-state index is -3.70. The van der Waals surface area contributed by atoms with E-state index in [0.29, 0.717) is 18.8 Å². The third-order valence-electron chi connectivity index (χ3n) is 3.67. The molecule has 1 aromatic rings. The van der Waals surface area contributed by atoms with Gasteiger partial charge in [-0.05, 0) is 37.6 Å². The molecule has 0 bridgehead atoms. The van der Waals surface area contributed by atoms with Crippen LogP contribution < -0.4 is 4.74 Å². The second-order valence-electron chi connectivity index (χ2n) is 5.17. The van der Waals surface area contributed by atoms with Crippen molar-refractivity contribution in [3.05, 3.63) is 24.3 Å². The fourth-order valence-corrected chi connectivity index (χ4v) is 6.13. The first-order valence-electron chi connectivity index (χ1n) is 7.25. The van der Waals surface area contributed by atoms with Gasteiger partial charge in [-0.3, -0.25) is 0 Å².